The highest BCUT2D eigenvalue weighted by molar-refractivity contribution is 6.02. The van der Waals surface area contributed by atoms with Crippen molar-refractivity contribution in [1.29, 1.82) is 0 Å². The molecule has 0 radical (unpaired) electrons. The van der Waals surface area contributed by atoms with E-state index in [1.54, 1.807) is 24.2 Å². The van der Waals surface area contributed by atoms with Gasteiger partial charge < -0.3 is 29.0 Å². The summed E-state index contributed by atoms with van der Waals surface area (Å²) in [5.74, 6) is -0.494. The van der Waals surface area contributed by atoms with Crippen LogP contribution in [-0.2, 0) is 9.47 Å². The highest BCUT2D eigenvalue weighted by Crippen LogP contribution is 2.31. The summed E-state index contributed by atoms with van der Waals surface area (Å²) in [5.41, 5.74) is 0.853. The average molecular weight is 613 g/mol. The van der Waals surface area contributed by atoms with Gasteiger partial charge in [-0.2, -0.15) is 0 Å². The Bertz CT molecular complexity index is 1510. The van der Waals surface area contributed by atoms with Crippen LogP contribution in [0.15, 0.2) is 30.9 Å². The molecule has 0 aliphatic carbocycles. The van der Waals surface area contributed by atoms with Crippen molar-refractivity contribution in [1.82, 2.24) is 29.2 Å². The van der Waals surface area contributed by atoms with Gasteiger partial charge in [-0.1, -0.05) is 0 Å². The average Bonchev–Trinajstić information content (AvgIpc) is 3.47. The summed E-state index contributed by atoms with van der Waals surface area (Å²) in [6.45, 7) is 11.5. The summed E-state index contributed by atoms with van der Waals surface area (Å²) in [5, 5.41) is 2.63. The third-order valence-corrected chi connectivity index (χ3v) is 8.05. The van der Waals surface area contributed by atoms with Gasteiger partial charge in [-0.3, -0.25) is 9.69 Å². The molecule has 0 spiro atoms. The number of morpholine rings is 1. The van der Waals surface area contributed by atoms with Gasteiger partial charge in [-0.15, -0.1) is 0 Å². The van der Waals surface area contributed by atoms with Gasteiger partial charge in [0, 0.05) is 25.0 Å². The molecule has 2 unspecified atom stereocenters. The maximum atomic E-state index is 14.5. The Labute approximate surface area is 254 Å². The lowest BCUT2D eigenvalue weighted by atomic mass is 10.2. The number of nitrogens with zero attached hydrogens (tertiary/aromatic N) is 7. The van der Waals surface area contributed by atoms with Crippen molar-refractivity contribution in [2.24, 2.45) is 0 Å². The van der Waals surface area contributed by atoms with E-state index in [1.165, 1.54) is 22.9 Å². The lowest BCUT2D eigenvalue weighted by Gasteiger charge is -2.24. The van der Waals surface area contributed by atoms with Crippen molar-refractivity contribution >= 4 is 29.2 Å². The second-order valence-electron chi connectivity index (χ2n) is 12.7. The molecule has 0 bridgehead atoms. The molecule has 3 aromatic heterocycles. The third-order valence-electron chi connectivity index (χ3n) is 8.05. The molecule has 14 heteroatoms. The van der Waals surface area contributed by atoms with Crippen molar-refractivity contribution in [3.05, 3.63) is 48.1 Å². The fraction of sp³-hybridized carbons (Fsp3) is 0.567. The second kappa shape index (κ2) is 11.9. The number of likely N-dealkylation sites (tertiary alicyclic amines) is 2. The topological polar surface area (TPSA) is 121 Å². The standard InChI is InChI=1S/C21H23F2N7O.C9H15NO3/c1-13-9-30-10-14(6-15(22)20(30)26-13)27-21(31)17-7-25-19(8-24-17)29-11-16(23)18(12-29)28-4-2-3-5-28;1-9(2,3)13-8(11)10-4-6-7(5-10)12-6/h6-10,16,18H,2-5,11-12H2,1H3,(H,27,31);6-7H,4-5H2,1-3H3/t16-,18+;/m0./s1. The van der Waals surface area contributed by atoms with E-state index < -0.39 is 23.5 Å². The molecule has 7 heterocycles. The third kappa shape index (κ3) is 6.75. The first-order chi connectivity index (χ1) is 20.9. The Morgan fingerprint density at radius 2 is 1.77 bits per heavy atom. The first-order valence-electron chi connectivity index (χ1n) is 15.0. The van der Waals surface area contributed by atoms with E-state index in [2.05, 4.69) is 25.2 Å². The van der Waals surface area contributed by atoms with E-state index in [-0.39, 0.29) is 47.9 Å². The second-order valence-corrected chi connectivity index (χ2v) is 12.7. The Morgan fingerprint density at radius 1 is 1.05 bits per heavy atom. The lowest BCUT2D eigenvalue weighted by Crippen LogP contribution is -2.39. The summed E-state index contributed by atoms with van der Waals surface area (Å²) in [4.78, 5) is 42.4. The van der Waals surface area contributed by atoms with Crippen molar-refractivity contribution in [3.63, 3.8) is 0 Å². The number of carbonyl (C=O) groups excluding carboxylic acids is 2. The largest absolute Gasteiger partial charge is 0.444 e. The summed E-state index contributed by atoms with van der Waals surface area (Å²) in [6.07, 6.45) is 7.75. The van der Waals surface area contributed by atoms with Crippen molar-refractivity contribution in [3.8, 4) is 0 Å². The van der Waals surface area contributed by atoms with Crippen LogP contribution in [0, 0.1) is 12.7 Å². The number of fused-ring (bicyclic) bond motifs is 2. The smallest absolute Gasteiger partial charge is 0.410 e. The summed E-state index contributed by atoms with van der Waals surface area (Å²) in [7, 11) is 0. The van der Waals surface area contributed by atoms with E-state index in [0.29, 0.717) is 31.1 Å². The number of nitrogens with one attached hydrogen (secondary N) is 1. The maximum absolute atomic E-state index is 14.5. The molecule has 12 nitrogen and oxygen atoms in total. The normalized spacial score (nSPS) is 24.7. The molecule has 4 aliphatic rings. The van der Waals surface area contributed by atoms with E-state index >= 15 is 0 Å². The van der Waals surface area contributed by atoms with Crippen LogP contribution in [0.2, 0.25) is 0 Å². The number of hydrogen-bond acceptors (Lipinski definition) is 9. The van der Waals surface area contributed by atoms with Crippen molar-refractivity contribution in [2.75, 3.05) is 49.5 Å². The summed E-state index contributed by atoms with van der Waals surface area (Å²) in [6, 6.07) is 1.09. The van der Waals surface area contributed by atoms with Crippen LogP contribution in [-0.4, -0.2) is 110 Å². The number of aromatic nitrogens is 4. The van der Waals surface area contributed by atoms with E-state index in [1.807, 2.05) is 25.7 Å². The summed E-state index contributed by atoms with van der Waals surface area (Å²) < 4.78 is 40.7. The molecule has 7 rings (SSSR count). The maximum Gasteiger partial charge on any atom is 0.410 e. The van der Waals surface area contributed by atoms with Crippen molar-refractivity contribution < 1.29 is 27.8 Å². The molecule has 44 heavy (non-hydrogen) atoms. The monoisotopic (exact) mass is 612 g/mol. The van der Waals surface area contributed by atoms with Crippen LogP contribution in [0.4, 0.5) is 25.1 Å². The van der Waals surface area contributed by atoms with Crippen LogP contribution >= 0.6 is 0 Å². The molecule has 4 atom stereocenters. The zero-order valence-electron chi connectivity index (χ0n) is 25.4. The molecule has 1 N–H and O–H groups in total. The Kier molecular flexibility index (Phi) is 8.14. The number of imidazole rings is 1. The highest BCUT2D eigenvalue weighted by atomic mass is 19.1. The number of carbonyl (C=O) groups is 2. The molecule has 2 amide bonds. The molecule has 3 aromatic rings. The number of hydrogen-bond donors (Lipinski definition) is 1. The number of ether oxygens (including phenoxy) is 2. The molecule has 4 aliphatic heterocycles. The minimum Gasteiger partial charge on any atom is -0.444 e. The van der Waals surface area contributed by atoms with Gasteiger partial charge in [0.2, 0.25) is 0 Å². The fourth-order valence-corrected chi connectivity index (χ4v) is 5.88. The SMILES string of the molecule is CC(C)(C)OC(=O)N1CC2OC2C1.Cc1cn2cc(NC(=O)c3cnc(N4C[C@@H](N5CCCC5)[C@@H](F)C4)cn3)cc(F)c2n1. The zero-order chi connectivity index (χ0) is 31.2. The number of epoxide rings is 1. The van der Waals surface area contributed by atoms with Crippen LogP contribution in [0.5, 0.6) is 0 Å². The summed E-state index contributed by atoms with van der Waals surface area (Å²) >= 11 is 0. The number of aryl methyl sites for hydroxylation is 1. The van der Waals surface area contributed by atoms with E-state index in [0.717, 1.165) is 25.9 Å². The quantitative estimate of drug-likeness (QED) is 0.442. The number of pyridine rings is 1. The molecule has 0 saturated carbocycles. The van der Waals surface area contributed by atoms with Crippen LogP contribution in [0.1, 0.15) is 49.8 Å². The van der Waals surface area contributed by atoms with Gasteiger partial charge >= 0.3 is 6.09 Å². The first-order valence-corrected chi connectivity index (χ1v) is 15.0. The fourth-order valence-electron chi connectivity index (χ4n) is 5.88. The van der Waals surface area contributed by atoms with Gasteiger partial charge in [0.25, 0.3) is 5.91 Å². The number of alkyl halides is 1. The van der Waals surface area contributed by atoms with Gasteiger partial charge in [0.15, 0.2) is 11.5 Å². The van der Waals surface area contributed by atoms with Crippen LogP contribution < -0.4 is 10.2 Å². The molecule has 4 fully saturated rings. The Balaban J connectivity index is 0.000000220. The Morgan fingerprint density at radius 3 is 2.43 bits per heavy atom. The molecule has 236 valence electrons. The predicted molar refractivity (Wildman–Crippen MR) is 158 cm³/mol. The Hall–Kier alpha value is -3.91. The van der Waals surface area contributed by atoms with Crippen LogP contribution in [0.3, 0.4) is 0 Å². The molecular weight excluding hydrogens is 574 g/mol. The molecule has 4 saturated heterocycles. The van der Waals surface area contributed by atoms with E-state index in [4.69, 9.17) is 9.47 Å². The van der Waals surface area contributed by atoms with Gasteiger partial charge in [0.1, 0.15) is 35.5 Å². The minimum absolute atomic E-state index is 0.0955. The van der Waals surface area contributed by atoms with E-state index in [9.17, 15) is 18.4 Å². The minimum atomic E-state index is -0.931. The van der Waals surface area contributed by atoms with Gasteiger partial charge in [-0.25, -0.2) is 28.5 Å². The predicted octanol–water partition coefficient (Wildman–Crippen LogP) is 3.45. The number of anilines is 2. The zero-order valence-corrected chi connectivity index (χ0v) is 25.4. The molecule has 0 aromatic carbocycles. The number of amides is 2. The van der Waals surface area contributed by atoms with Crippen molar-refractivity contribution in [2.45, 2.75) is 70.6 Å². The van der Waals surface area contributed by atoms with Gasteiger partial charge in [-0.05, 0) is 53.6 Å². The number of rotatable bonds is 4. The lowest BCUT2D eigenvalue weighted by molar-refractivity contribution is 0.0229. The molecular formula is C30H38F2N8O4. The van der Waals surface area contributed by atoms with Gasteiger partial charge in [0.05, 0.1) is 49.5 Å². The highest BCUT2D eigenvalue weighted by Gasteiger charge is 2.49. The first kappa shape index (κ1) is 30.1. The number of halogens is 2. The van der Waals surface area contributed by atoms with Crippen LogP contribution in [0.25, 0.3) is 5.65 Å².